The molecule has 3 heteroatoms. The van der Waals surface area contributed by atoms with Gasteiger partial charge in [0, 0.05) is 11.9 Å². The highest BCUT2D eigenvalue weighted by Crippen LogP contribution is 2.39. The van der Waals surface area contributed by atoms with Gasteiger partial charge in [-0.15, -0.1) is 0 Å². The fourth-order valence-corrected chi connectivity index (χ4v) is 4.08. The van der Waals surface area contributed by atoms with Crippen LogP contribution in [0.2, 0.25) is 0 Å². The minimum Gasteiger partial charge on any atom is -0.376 e. The van der Waals surface area contributed by atoms with Crippen LogP contribution < -0.4 is 0 Å². The van der Waals surface area contributed by atoms with Crippen molar-refractivity contribution in [1.82, 2.24) is 0 Å². The van der Waals surface area contributed by atoms with Crippen LogP contribution >= 0.6 is 15.9 Å². The van der Waals surface area contributed by atoms with Crippen molar-refractivity contribution >= 4 is 15.9 Å². The second kappa shape index (κ2) is 7.42. The Hall–Kier alpha value is 0.400. The highest BCUT2D eigenvalue weighted by Gasteiger charge is 2.36. The highest BCUT2D eigenvalue weighted by molar-refractivity contribution is 9.09. The zero-order valence-corrected chi connectivity index (χ0v) is 14.1. The molecule has 2 aliphatic rings. The summed E-state index contributed by atoms with van der Waals surface area (Å²) in [4.78, 5) is 0. The van der Waals surface area contributed by atoms with Gasteiger partial charge in [-0.3, -0.25) is 0 Å². The maximum atomic E-state index is 6.32. The van der Waals surface area contributed by atoms with Gasteiger partial charge in [0.15, 0.2) is 0 Å². The van der Waals surface area contributed by atoms with E-state index >= 15 is 0 Å². The summed E-state index contributed by atoms with van der Waals surface area (Å²) in [5, 5.41) is 0.970. The first-order valence-electron chi connectivity index (χ1n) is 7.97. The average molecular weight is 333 g/mol. The molecule has 1 aliphatic carbocycles. The van der Waals surface area contributed by atoms with Crippen LogP contribution in [-0.2, 0) is 9.47 Å². The predicted molar refractivity (Wildman–Crippen MR) is 82.9 cm³/mol. The Bertz CT molecular complexity index is 253. The zero-order chi connectivity index (χ0) is 13.7. The smallest absolute Gasteiger partial charge is 0.0808 e. The van der Waals surface area contributed by atoms with Crippen LogP contribution in [0.3, 0.4) is 0 Å². The van der Waals surface area contributed by atoms with Crippen LogP contribution in [0, 0.1) is 11.8 Å². The third kappa shape index (κ3) is 4.44. The van der Waals surface area contributed by atoms with Gasteiger partial charge in [0.05, 0.1) is 18.3 Å². The van der Waals surface area contributed by atoms with E-state index in [4.69, 9.17) is 9.47 Å². The topological polar surface area (TPSA) is 18.5 Å². The van der Waals surface area contributed by atoms with E-state index in [-0.39, 0.29) is 5.60 Å². The molecule has 0 aromatic heterocycles. The number of hydrogen-bond acceptors (Lipinski definition) is 2. The van der Waals surface area contributed by atoms with Crippen LogP contribution in [0.25, 0.3) is 0 Å². The summed E-state index contributed by atoms with van der Waals surface area (Å²) < 4.78 is 12.1. The largest absolute Gasteiger partial charge is 0.376 e. The minimum atomic E-state index is 0.0756. The summed E-state index contributed by atoms with van der Waals surface area (Å²) >= 11 is 3.68. The molecule has 0 aromatic carbocycles. The summed E-state index contributed by atoms with van der Waals surface area (Å²) in [5.74, 6) is 1.71. The van der Waals surface area contributed by atoms with Gasteiger partial charge in [-0.25, -0.2) is 0 Å². The number of hydrogen-bond donors (Lipinski definition) is 0. The number of rotatable bonds is 5. The van der Waals surface area contributed by atoms with Gasteiger partial charge >= 0.3 is 0 Å². The summed E-state index contributed by atoms with van der Waals surface area (Å²) in [6, 6.07) is 0. The molecule has 0 bridgehead atoms. The first kappa shape index (κ1) is 15.8. The van der Waals surface area contributed by atoms with Crippen molar-refractivity contribution in [2.45, 2.75) is 70.5 Å². The summed E-state index contributed by atoms with van der Waals surface area (Å²) in [6.07, 6.45) is 9.06. The lowest BCUT2D eigenvalue weighted by molar-refractivity contribution is -0.115. The minimum absolute atomic E-state index is 0.0756. The Morgan fingerprint density at radius 3 is 2.47 bits per heavy atom. The molecule has 1 atom stereocenters. The van der Waals surface area contributed by atoms with E-state index in [0.29, 0.717) is 6.10 Å². The molecule has 112 valence electrons. The van der Waals surface area contributed by atoms with Gasteiger partial charge in [0.2, 0.25) is 0 Å². The van der Waals surface area contributed by atoms with E-state index in [9.17, 15) is 0 Å². The normalized spacial score (nSPS) is 36.6. The molecule has 0 amide bonds. The van der Waals surface area contributed by atoms with Crippen molar-refractivity contribution < 1.29 is 9.47 Å². The molecule has 0 spiro atoms. The van der Waals surface area contributed by atoms with Crippen molar-refractivity contribution in [1.29, 1.82) is 0 Å². The van der Waals surface area contributed by atoms with E-state index < -0.39 is 0 Å². The molecule has 1 heterocycles. The second-order valence-corrected chi connectivity index (χ2v) is 7.26. The van der Waals surface area contributed by atoms with Crippen LogP contribution in [0.5, 0.6) is 0 Å². The Morgan fingerprint density at radius 2 is 1.95 bits per heavy atom. The summed E-state index contributed by atoms with van der Waals surface area (Å²) in [5.41, 5.74) is 0.0756. The SMILES string of the molecule is CC(C)C1CCC(CBr)(OCC2CCCCO2)CC1. The third-order valence-corrected chi connectivity index (χ3v) is 6.00. The van der Waals surface area contributed by atoms with Crippen LogP contribution in [-0.4, -0.2) is 30.2 Å². The van der Waals surface area contributed by atoms with Gasteiger partial charge in [-0.2, -0.15) is 0 Å². The fraction of sp³-hybridized carbons (Fsp3) is 1.00. The molecule has 2 fully saturated rings. The van der Waals surface area contributed by atoms with Gasteiger partial charge in [0.25, 0.3) is 0 Å². The molecule has 0 aromatic rings. The lowest BCUT2D eigenvalue weighted by atomic mass is 9.75. The van der Waals surface area contributed by atoms with E-state index in [1.54, 1.807) is 0 Å². The number of ether oxygens (including phenoxy) is 2. The Morgan fingerprint density at radius 1 is 1.21 bits per heavy atom. The van der Waals surface area contributed by atoms with Crippen molar-refractivity contribution in [3.05, 3.63) is 0 Å². The lowest BCUT2D eigenvalue weighted by Gasteiger charge is -2.41. The molecule has 19 heavy (non-hydrogen) atoms. The second-order valence-electron chi connectivity index (χ2n) is 6.70. The van der Waals surface area contributed by atoms with Crippen molar-refractivity contribution in [2.24, 2.45) is 11.8 Å². The summed E-state index contributed by atoms with van der Waals surface area (Å²) in [6.45, 7) is 6.41. The van der Waals surface area contributed by atoms with Crippen LogP contribution in [0.4, 0.5) is 0 Å². The molecule has 0 N–H and O–H groups in total. The predicted octanol–water partition coefficient (Wildman–Crippen LogP) is 4.55. The molecule has 1 saturated carbocycles. The Labute approximate surface area is 126 Å². The average Bonchev–Trinajstić information content (AvgIpc) is 2.46. The van der Waals surface area contributed by atoms with Crippen molar-refractivity contribution in [3.8, 4) is 0 Å². The molecule has 2 rings (SSSR count). The zero-order valence-electron chi connectivity index (χ0n) is 12.5. The maximum Gasteiger partial charge on any atom is 0.0808 e. The molecule has 1 saturated heterocycles. The van der Waals surface area contributed by atoms with Gasteiger partial charge in [-0.05, 0) is 56.8 Å². The molecular weight excluding hydrogens is 304 g/mol. The molecule has 2 nitrogen and oxygen atoms in total. The standard InChI is InChI=1S/C16H29BrO2/c1-13(2)14-6-8-16(12-17,9-7-14)19-11-15-5-3-4-10-18-15/h13-15H,3-12H2,1-2H3. The number of alkyl halides is 1. The quantitative estimate of drug-likeness (QED) is 0.687. The first-order chi connectivity index (χ1) is 9.15. The Kier molecular flexibility index (Phi) is 6.16. The highest BCUT2D eigenvalue weighted by atomic mass is 79.9. The first-order valence-corrected chi connectivity index (χ1v) is 9.09. The number of halogens is 1. The fourth-order valence-electron chi connectivity index (χ4n) is 3.36. The third-order valence-electron chi connectivity index (χ3n) is 4.98. The molecule has 1 unspecified atom stereocenters. The molecular formula is C16H29BrO2. The van der Waals surface area contributed by atoms with Gasteiger partial charge in [0.1, 0.15) is 0 Å². The summed E-state index contributed by atoms with van der Waals surface area (Å²) in [7, 11) is 0. The van der Waals surface area contributed by atoms with Crippen LogP contribution in [0.15, 0.2) is 0 Å². The van der Waals surface area contributed by atoms with Crippen molar-refractivity contribution in [3.63, 3.8) is 0 Å². The molecule has 0 radical (unpaired) electrons. The molecule has 1 aliphatic heterocycles. The van der Waals surface area contributed by atoms with E-state index in [1.807, 2.05) is 0 Å². The van der Waals surface area contributed by atoms with E-state index in [2.05, 4.69) is 29.8 Å². The van der Waals surface area contributed by atoms with Gasteiger partial charge in [-0.1, -0.05) is 29.8 Å². The van der Waals surface area contributed by atoms with Crippen molar-refractivity contribution in [2.75, 3.05) is 18.5 Å². The van der Waals surface area contributed by atoms with E-state index in [0.717, 1.165) is 30.4 Å². The van der Waals surface area contributed by atoms with Gasteiger partial charge < -0.3 is 9.47 Å². The maximum absolute atomic E-state index is 6.32. The monoisotopic (exact) mass is 332 g/mol. The Balaban J connectivity index is 1.79. The van der Waals surface area contributed by atoms with Crippen LogP contribution in [0.1, 0.15) is 58.8 Å². The lowest BCUT2D eigenvalue weighted by Crippen LogP contribution is -2.42. The van der Waals surface area contributed by atoms with E-state index in [1.165, 1.54) is 44.9 Å².